The fourth-order valence-corrected chi connectivity index (χ4v) is 3.57. The minimum absolute atomic E-state index is 0.135. The van der Waals surface area contributed by atoms with E-state index in [-0.39, 0.29) is 18.0 Å². The van der Waals surface area contributed by atoms with Gasteiger partial charge < -0.3 is 10.6 Å². The number of nitrogens with one attached hydrogen (secondary N) is 2. The normalized spacial score (nSPS) is 29.3. The fraction of sp³-hybridized carbons (Fsp3) is 0.600. The predicted molar refractivity (Wildman–Crippen MR) is 76.9 cm³/mol. The number of aromatic nitrogens is 2. The van der Waals surface area contributed by atoms with Crippen molar-refractivity contribution >= 4 is 11.8 Å². The molecular formula is C15H18F2N4O2. The second-order valence-electron chi connectivity index (χ2n) is 6.39. The van der Waals surface area contributed by atoms with Gasteiger partial charge in [-0.2, -0.15) is 0 Å². The summed E-state index contributed by atoms with van der Waals surface area (Å²) < 4.78 is 28.2. The zero-order valence-electron chi connectivity index (χ0n) is 12.7. The van der Waals surface area contributed by atoms with Crippen LogP contribution in [0.3, 0.4) is 0 Å². The average Bonchev–Trinajstić information content (AvgIpc) is 2.77. The Hall–Kier alpha value is -2.12. The SMILES string of the molecule is Cc1nccc(C(=O)N[C@@H]2CC(F)(F)C[C@@]3(CCNC3=O)C2)n1. The molecule has 1 aromatic heterocycles. The van der Waals surface area contributed by atoms with Crippen LogP contribution >= 0.6 is 0 Å². The lowest BCUT2D eigenvalue weighted by atomic mass is 9.69. The zero-order chi connectivity index (χ0) is 16.7. The summed E-state index contributed by atoms with van der Waals surface area (Å²) in [4.78, 5) is 32.1. The number of aryl methyl sites for hydroxylation is 1. The van der Waals surface area contributed by atoms with E-state index in [1.165, 1.54) is 12.3 Å². The van der Waals surface area contributed by atoms with Gasteiger partial charge in [0.2, 0.25) is 5.91 Å². The number of alkyl halides is 2. The molecule has 1 spiro atoms. The largest absolute Gasteiger partial charge is 0.356 e. The molecule has 6 nitrogen and oxygen atoms in total. The van der Waals surface area contributed by atoms with Gasteiger partial charge in [0.05, 0.1) is 5.41 Å². The highest BCUT2D eigenvalue weighted by atomic mass is 19.3. The van der Waals surface area contributed by atoms with Gasteiger partial charge in [-0.25, -0.2) is 18.7 Å². The molecule has 1 aromatic rings. The molecule has 3 rings (SSSR count). The van der Waals surface area contributed by atoms with Crippen molar-refractivity contribution in [2.75, 3.05) is 6.54 Å². The molecular weight excluding hydrogens is 306 g/mol. The Labute approximate surface area is 132 Å². The van der Waals surface area contributed by atoms with E-state index in [2.05, 4.69) is 20.6 Å². The van der Waals surface area contributed by atoms with Gasteiger partial charge in [0, 0.05) is 31.6 Å². The molecule has 2 aliphatic rings. The number of carbonyl (C=O) groups excluding carboxylic acids is 2. The van der Waals surface area contributed by atoms with Crippen molar-refractivity contribution in [3.63, 3.8) is 0 Å². The van der Waals surface area contributed by atoms with E-state index >= 15 is 0 Å². The molecule has 0 radical (unpaired) electrons. The maximum Gasteiger partial charge on any atom is 0.270 e. The van der Waals surface area contributed by atoms with Crippen molar-refractivity contribution in [3.05, 3.63) is 23.8 Å². The minimum atomic E-state index is -2.97. The van der Waals surface area contributed by atoms with Crippen LogP contribution in [0, 0.1) is 12.3 Å². The minimum Gasteiger partial charge on any atom is -0.356 e. The van der Waals surface area contributed by atoms with Crippen LogP contribution in [-0.2, 0) is 4.79 Å². The lowest BCUT2D eigenvalue weighted by molar-refractivity contribution is -0.142. The Morgan fingerprint density at radius 3 is 2.87 bits per heavy atom. The number of nitrogens with zero attached hydrogens (tertiary/aromatic N) is 2. The Balaban J connectivity index is 1.77. The summed E-state index contributed by atoms with van der Waals surface area (Å²) in [6, 6.07) is 0.673. The summed E-state index contributed by atoms with van der Waals surface area (Å²) in [6.45, 7) is 2.05. The Morgan fingerprint density at radius 1 is 1.43 bits per heavy atom. The van der Waals surface area contributed by atoms with Crippen LogP contribution in [0.15, 0.2) is 12.3 Å². The summed E-state index contributed by atoms with van der Waals surface area (Å²) in [7, 11) is 0. The van der Waals surface area contributed by atoms with Gasteiger partial charge in [0.15, 0.2) is 0 Å². The molecule has 0 bridgehead atoms. The quantitative estimate of drug-likeness (QED) is 0.856. The highest BCUT2D eigenvalue weighted by Crippen LogP contribution is 2.48. The Kier molecular flexibility index (Phi) is 3.77. The highest BCUT2D eigenvalue weighted by molar-refractivity contribution is 5.92. The van der Waals surface area contributed by atoms with E-state index in [1.54, 1.807) is 6.92 Å². The summed E-state index contributed by atoms with van der Waals surface area (Å²) in [5.41, 5.74) is -0.947. The van der Waals surface area contributed by atoms with Crippen molar-refractivity contribution in [3.8, 4) is 0 Å². The third kappa shape index (κ3) is 3.16. The zero-order valence-corrected chi connectivity index (χ0v) is 12.7. The fourth-order valence-electron chi connectivity index (χ4n) is 3.57. The van der Waals surface area contributed by atoms with Crippen LogP contribution in [-0.4, -0.2) is 40.3 Å². The van der Waals surface area contributed by atoms with E-state index in [9.17, 15) is 18.4 Å². The number of rotatable bonds is 2. The molecule has 23 heavy (non-hydrogen) atoms. The van der Waals surface area contributed by atoms with E-state index in [4.69, 9.17) is 0 Å². The summed E-state index contributed by atoms with van der Waals surface area (Å²) in [6.07, 6.45) is 1.13. The van der Waals surface area contributed by atoms with Gasteiger partial charge in [-0.1, -0.05) is 0 Å². The number of carbonyl (C=O) groups is 2. The molecule has 2 fully saturated rings. The monoisotopic (exact) mass is 324 g/mol. The van der Waals surface area contributed by atoms with Crippen LogP contribution in [0.2, 0.25) is 0 Å². The maximum atomic E-state index is 14.1. The first kappa shape index (κ1) is 15.8. The number of halogens is 2. The first-order valence-electron chi connectivity index (χ1n) is 7.56. The van der Waals surface area contributed by atoms with Gasteiger partial charge in [-0.15, -0.1) is 0 Å². The van der Waals surface area contributed by atoms with Gasteiger partial charge >= 0.3 is 0 Å². The van der Waals surface area contributed by atoms with E-state index in [0.29, 0.717) is 18.8 Å². The van der Waals surface area contributed by atoms with E-state index in [1.807, 2.05) is 0 Å². The second kappa shape index (κ2) is 5.50. The highest BCUT2D eigenvalue weighted by Gasteiger charge is 2.55. The third-order valence-corrected chi connectivity index (χ3v) is 4.49. The predicted octanol–water partition coefficient (Wildman–Crippen LogP) is 1.21. The summed E-state index contributed by atoms with van der Waals surface area (Å²) >= 11 is 0. The number of hydrogen-bond acceptors (Lipinski definition) is 4. The lowest BCUT2D eigenvalue weighted by Crippen LogP contribution is -2.51. The molecule has 1 aliphatic carbocycles. The van der Waals surface area contributed by atoms with Gasteiger partial charge in [0.1, 0.15) is 11.5 Å². The molecule has 1 aliphatic heterocycles. The summed E-state index contributed by atoms with van der Waals surface area (Å²) in [5, 5.41) is 5.23. The lowest BCUT2D eigenvalue weighted by Gasteiger charge is -2.40. The van der Waals surface area contributed by atoms with Crippen molar-refractivity contribution in [1.82, 2.24) is 20.6 Å². The third-order valence-electron chi connectivity index (χ3n) is 4.49. The van der Waals surface area contributed by atoms with Crippen molar-refractivity contribution < 1.29 is 18.4 Å². The van der Waals surface area contributed by atoms with Crippen LogP contribution < -0.4 is 10.6 Å². The molecule has 2 heterocycles. The van der Waals surface area contributed by atoms with Crippen LogP contribution in [0.4, 0.5) is 8.78 Å². The first-order chi connectivity index (χ1) is 10.8. The van der Waals surface area contributed by atoms with Crippen LogP contribution in [0.5, 0.6) is 0 Å². The molecule has 1 saturated carbocycles. The number of amides is 2. The molecule has 8 heteroatoms. The topological polar surface area (TPSA) is 84.0 Å². The Bertz CT molecular complexity index is 652. The molecule has 2 amide bonds. The first-order valence-corrected chi connectivity index (χ1v) is 7.56. The van der Waals surface area contributed by atoms with Crippen molar-refractivity contribution in [1.29, 1.82) is 0 Å². The Morgan fingerprint density at radius 2 is 2.22 bits per heavy atom. The van der Waals surface area contributed by atoms with Gasteiger partial charge in [-0.3, -0.25) is 9.59 Å². The van der Waals surface area contributed by atoms with E-state index < -0.39 is 36.1 Å². The van der Waals surface area contributed by atoms with Crippen LogP contribution in [0.1, 0.15) is 42.0 Å². The smallest absolute Gasteiger partial charge is 0.270 e. The molecule has 2 atom stereocenters. The average molecular weight is 324 g/mol. The standard InChI is InChI=1S/C15H18F2N4O2/c1-9-18-4-2-11(20-9)12(22)21-10-6-14(3-5-19-13(14)23)8-15(16,17)7-10/h2,4,10H,3,5-8H2,1H3,(H,19,23)(H,21,22)/t10-,14+/m0/s1. The van der Waals surface area contributed by atoms with Crippen LogP contribution in [0.25, 0.3) is 0 Å². The van der Waals surface area contributed by atoms with Crippen molar-refractivity contribution in [2.24, 2.45) is 5.41 Å². The second-order valence-corrected chi connectivity index (χ2v) is 6.39. The summed E-state index contributed by atoms with van der Waals surface area (Å²) in [5.74, 6) is -3.40. The van der Waals surface area contributed by atoms with Gasteiger partial charge in [0.25, 0.3) is 11.8 Å². The molecule has 1 saturated heterocycles. The van der Waals surface area contributed by atoms with Crippen molar-refractivity contribution in [2.45, 2.75) is 44.6 Å². The molecule has 124 valence electrons. The molecule has 0 unspecified atom stereocenters. The maximum absolute atomic E-state index is 14.1. The molecule has 2 N–H and O–H groups in total. The van der Waals surface area contributed by atoms with Gasteiger partial charge in [-0.05, 0) is 25.8 Å². The molecule has 0 aromatic carbocycles. The van der Waals surface area contributed by atoms with E-state index in [0.717, 1.165) is 0 Å². The number of hydrogen-bond donors (Lipinski definition) is 2.